The first-order valence-corrected chi connectivity index (χ1v) is 8.51. The van der Waals surface area contributed by atoms with Crippen LogP contribution in [0.25, 0.3) is 0 Å². The van der Waals surface area contributed by atoms with Gasteiger partial charge in [-0.15, -0.1) is 0 Å². The lowest BCUT2D eigenvalue weighted by atomic mass is 9.96. The first-order chi connectivity index (χ1) is 10.2. The molecule has 0 bridgehead atoms. The molecule has 0 spiro atoms. The van der Waals surface area contributed by atoms with Crippen molar-refractivity contribution in [3.63, 3.8) is 0 Å². The van der Waals surface area contributed by atoms with Gasteiger partial charge in [-0.25, -0.2) is 0 Å². The zero-order chi connectivity index (χ0) is 15.1. The molecular weight excluding hydrogens is 258 g/mol. The Morgan fingerprint density at radius 3 is 2.67 bits per heavy atom. The van der Waals surface area contributed by atoms with Crippen LogP contribution < -0.4 is 0 Å². The van der Waals surface area contributed by atoms with Crippen molar-refractivity contribution in [1.29, 1.82) is 0 Å². The Labute approximate surface area is 129 Å². The van der Waals surface area contributed by atoms with E-state index in [1.54, 1.807) is 0 Å². The van der Waals surface area contributed by atoms with Gasteiger partial charge < -0.3 is 4.90 Å². The standard InChI is InChI=1S/C19H29NO/c1-3-5-17-6-4-13-20(14-11-17)15-12-19(21)18-9-7-16(2)8-10-18/h7-10,17H,3-6,11-15H2,1-2H3. The van der Waals surface area contributed by atoms with Crippen molar-refractivity contribution in [2.45, 2.75) is 52.4 Å². The minimum absolute atomic E-state index is 0.282. The molecule has 2 rings (SSSR count). The van der Waals surface area contributed by atoms with E-state index in [0.717, 1.165) is 18.0 Å². The Morgan fingerprint density at radius 2 is 1.95 bits per heavy atom. The summed E-state index contributed by atoms with van der Waals surface area (Å²) in [5, 5.41) is 0. The number of aryl methyl sites for hydroxylation is 1. The van der Waals surface area contributed by atoms with Gasteiger partial charge in [0.1, 0.15) is 0 Å². The minimum Gasteiger partial charge on any atom is -0.303 e. The summed E-state index contributed by atoms with van der Waals surface area (Å²) in [7, 11) is 0. The maximum atomic E-state index is 12.2. The van der Waals surface area contributed by atoms with Crippen LogP contribution in [0.2, 0.25) is 0 Å². The maximum absolute atomic E-state index is 12.2. The molecule has 1 fully saturated rings. The molecule has 0 aromatic heterocycles. The molecule has 1 atom stereocenters. The van der Waals surface area contributed by atoms with Crippen LogP contribution in [0, 0.1) is 12.8 Å². The van der Waals surface area contributed by atoms with Crippen LogP contribution in [-0.2, 0) is 0 Å². The predicted molar refractivity (Wildman–Crippen MR) is 88.8 cm³/mol. The van der Waals surface area contributed by atoms with Crippen molar-refractivity contribution in [3.05, 3.63) is 35.4 Å². The Balaban J connectivity index is 1.77. The molecule has 1 aliphatic heterocycles. The monoisotopic (exact) mass is 287 g/mol. The number of hydrogen-bond acceptors (Lipinski definition) is 2. The van der Waals surface area contributed by atoms with Crippen LogP contribution in [0.15, 0.2) is 24.3 Å². The van der Waals surface area contributed by atoms with Gasteiger partial charge in [-0.05, 0) is 45.2 Å². The summed E-state index contributed by atoms with van der Waals surface area (Å²) in [6.45, 7) is 7.60. The second-order valence-corrected chi connectivity index (χ2v) is 6.47. The summed E-state index contributed by atoms with van der Waals surface area (Å²) in [5.41, 5.74) is 2.07. The fourth-order valence-corrected chi connectivity index (χ4v) is 3.29. The first-order valence-electron chi connectivity index (χ1n) is 8.51. The van der Waals surface area contributed by atoms with Gasteiger partial charge in [0.05, 0.1) is 0 Å². The van der Waals surface area contributed by atoms with E-state index >= 15 is 0 Å². The number of carbonyl (C=O) groups is 1. The molecule has 116 valence electrons. The lowest BCUT2D eigenvalue weighted by Gasteiger charge is -2.19. The highest BCUT2D eigenvalue weighted by molar-refractivity contribution is 5.96. The third-order valence-electron chi connectivity index (χ3n) is 4.67. The SMILES string of the molecule is CCCC1CCCN(CCC(=O)c2ccc(C)cc2)CC1. The minimum atomic E-state index is 0.282. The van der Waals surface area contributed by atoms with Gasteiger partial charge >= 0.3 is 0 Å². The number of hydrogen-bond donors (Lipinski definition) is 0. The van der Waals surface area contributed by atoms with E-state index in [-0.39, 0.29) is 5.78 Å². The summed E-state index contributed by atoms with van der Waals surface area (Å²) >= 11 is 0. The molecule has 0 radical (unpaired) electrons. The Bertz CT molecular complexity index is 437. The fraction of sp³-hybridized carbons (Fsp3) is 0.632. The zero-order valence-electron chi connectivity index (χ0n) is 13.6. The first kappa shape index (κ1) is 16.2. The summed E-state index contributed by atoms with van der Waals surface area (Å²) in [4.78, 5) is 14.7. The number of rotatable bonds is 6. The summed E-state index contributed by atoms with van der Waals surface area (Å²) in [6.07, 6.45) is 7.31. The Morgan fingerprint density at radius 1 is 1.19 bits per heavy atom. The van der Waals surface area contributed by atoms with Gasteiger partial charge in [-0.3, -0.25) is 4.79 Å². The van der Waals surface area contributed by atoms with Crippen LogP contribution >= 0.6 is 0 Å². The highest BCUT2D eigenvalue weighted by Crippen LogP contribution is 2.22. The number of Topliss-reactive ketones (excluding diaryl/α,β-unsaturated/α-hetero) is 1. The maximum Gasteiger partial charge on any atom is 0.164 e. The van der Waals surface area contributed by atoms with Crippen LogP contribution in [0.1, 0.15) is 61.4 Å². The van der Waals surface area contributed by atoms with Gasteiger partial charge in [-0.1, -0.05) is 49.6 Å². The predicted octanol–water partition coefficient (Wildman–Crippen LogP) is 4.47. The highest BCUT2D eigenvalue weighted by Gasteiger charge is 2.17. The largest absolute Gasteiger partial charge is 0.303 e. The molecular formula is C19H29NO. The molecule has 1 saturated heterocycles. The second-order valence-electron chi connectivity index (χ2n) is 6.47. The molecule has 0 N–H and O–H groups in total. The average Bonchev–Trinajstić information content (AvgIpc) is 2.71. The van der Waals surface area contributed by atoms with Crippen LogP contribution in [0.5, 0.6) is 0 Å². The second kappa shape index (κ2) is 8.33. The number of likely N-dealkylation sites (tertiary alicyclic amines) is 1. The van der Waals surface area contributed by atoms with Crippen molar-refractivity contribution in [2.24, 2.45) is 5.92 Å². The lowest BCUT2D eigenvalue weighted by molar-refractivity contribution is 0.0964. The average molecular weight is 287 g/mol. The summed E-state index contributed by atoms with van der Waals surface area (Å²) in [6, 6.07) is 7.96. The third kappa shape index (κ3) is 5.28. The van der Waals surface area contributed by atoms with E-state index in [0.29, 0.717) is 6.42 Å². The van der Waals surface area contributed by atoms with E-state index in [2.05, 4.69) is 18.7 Å². The molecule has 1 unspecified atom stereocenters. The molecule has 2 nitrogen and oxygen atoms in total. The molecule has 0 amide bonds. The highest BCUT2D eigenvalue weighted by atomic mass is 16.1. The number of ketones is 1. The molecule has 1 heterocycles. The number of carbonyl (C=O) groups excluding carboxylic acids is 1. The Hall–Kier alpha value is -1.15. The summed E-state index contributed by atoms with van der Waals surface area (Å²) < 4.78 is 0. The van der Waals surface area contributed by atoms with Crippen molar-refractivity contribution in [1.82, 2.24) is 4.90 Å². The normalized spacial score (nSPS) is 20.2. The third-order valence-corrected chi connectivity index (χ3v) is 4.67. The molecule has 0 aliphatic carbocycles. The van der Waals surface area contributed by atoms with Crippen LogP contribution in [0.3, 0.4) is 0 Å². The molecule has 1 aromatic carbocycles. The number of nitrogens with zero attached hydrogens (tertiary/aromatic N) is 1. The van der Waals surface area contributed by atoms with Gasteiger partial charge in [0.2, 0.25) is 0 Å². The van der Waals surface area contributed by atoms with Gasteiger partial charge in [-0.2, -0.15) is 0 Å². The lowest BCUT2D eigenvalue weighted by Crippen LogP contribution is -2.27. The molecule has 21 heavy (non-hydrogen) atoms. The van der Waals surface area contributed by atoms with Crippen molar-refractivity contribution in [3.8, 4) is 0 Å². The van der Waals surface area contributed by atoms with Crippen molar-refractivity contribution in [2.75, 3.05) is 19.6 Å². The Kier molecular flexibility index (Phi) is 6.44. The van der Waals surface area contributed by atoms with Crippen molar-refractivity contribution < 1.29 is 4.79 Å². The van der Waals surface area contributed by atoms with E-state index in [4.69, 9.17) is 0 Å². The summed E-state index contributed by atoms with van der Waals surface area (Å²) in [5.74, 6) is 1.19. The van der Waals surface area contributed by atoms with Gasteiger partial charge in [0.25, 0.3) is 0 Å². The van der Waals surface area contributed by atoms with Gasteiger partial charge in [0, 0.05) is 18.5 Å². The van der Waals surface area contributed by atoms with E-state index in [1.165, 1.54) is 50.8 Å². The topological polar surface area (TPSA) is 20.3 Å². The van der Waals surface area contributed by atoms with E-state index < -0.39 is 0 Å². The van der Waals surface area contributed by atoms with E-state index in [9.17, 15) is 4.79 Å². The van der Waals surface area contributed by atoms with Gasteiger partial charge in [0.15, 0.2) is 5.78 Å². The molecule has 1 aromatic rings. The quantitative estimate of drug-likeness (QED) is 0.719. The fourth-order valence-electron chi connectivity index (χ4n) is 3.29. The van der Waals surface area contributed by atoms with Crippen LogP contribution in [-0.4, -0.2) is 30.3 Å². The zero-order valence-corrected chi connectivity index (χ0v) is 13.6. The number of benzene rings is 1. The molecule has 0 saturated carbocycles. The molecule has 2 heteroatoms. The van der Waals surface area contributed by atoms with Crippen molar-refractivity contribution >= 4 is 5.78 Å². The smallest absolute Gasteiger partial charge is 0.164 e. The van der Waals surface area contributed by atoms with E-state index in [1.807, 2.05) is 24.3 Å². The molecule has 1 aliphatic rings. The van der Waals surface area contributed by atoms with Crippen LogP contribution in [0.4, 0.5) is 0 Å².